The Balaban J connectivity index is 1.49. The van der Waals surface area contributed by atoms with E-state index in [2.05, 4.69) is 24.7 Å². The maximum absolute atomic E-state index is 14.1. The van der Waals surface area contributed by atoms with Crippen molar-refractivity contribution in [2.24, 2.45) is 34.5 Å². The van der Waals surface area contributed by atoms with Crippen LogP contribution in [0.2, 0.25) is 0 Å². The summed E-state index contributed by atoms with van der Waals surface area (Å²) in [6.45, 7) is 4.74. The number of esters is 1. The van der Waals surface area contributed by atoms with E-state index < -0.39 is 18.3 Å². The number of hydrogen-bond acceptors (Lipinski definition) is 3. The Morgan fingerprint density at radius 3 is 2.69 bits per heavy atom. The molecule has 0 radical (unpaired) electrons. The number of rotatable bonds is 4. The van der Waals surface area contributed by atoms with E-state index in [1.165, 1.54) is 5.57 Å². The van der Waals surface area contributed by atoms with E-state index in [9.17, 15) is 18.7 Å². The van der Waals surface area contributed by atoms with Crippen molar-refractivity contribution >= 4 is 5.97 Å². The third-order valence-electron chi connectivity index (χ3n) is 9.57. The molecule has 0 heterocycles. The highest BCUT2D eigenvalue weighted by Gasteiger charge is 2.58. The smallest absolute Gasteiger partial charge is 0.376 e. The predicted molar refractivity (Wildman–Crippen MR) is 107 cm³/mol. The van der Waals surface area contributed by atoms with Crippen LogP contribution in [0.5, 0.6) is 0 Å². The number of carbonyl (C=O) groups excluding carboxylic acids is 1. The van der Waals surface area contributed by atoms with Gasteiger partial charge in [0.05, 0.1) is 13.2 Å². The number of fused-ring (bicyclic) bond motifs is 5. The number of allylic oxidation sites excluding steroid dienone is 1. The normalized spacial score (nSPS) is 44.3. The first kappa shape index (κ1) is 21.3. The Kier molecular flexibility index (Phi) is 5.37. The van der Waals surface area contributed by atoms with E-state index in [0.29, 0.717) is 24.2 Å². The minimum atomic E-state index is -3.38. The van der Waals surface area contributed by atoms with Crippen LogP contribution in [0.15, 0.2) is 11.6 Å². The molecule has 0 bridgehead atoms. The van der Waals surface area contributed by atoms with Gasteiger partial charge in [0.25, 0.3) is 0 Å². The van der Waals surface area contributed by atoms with Crippen LogP contribution in [0, 0.1) is 34.5 Å². The van der Waals surface area contributed by atoms with Crippen LogP contribution < -0.4 is 0 Å². The molecule has 3 nitrogen and oxygen atoms in total. The average Bonchev–Trinajstić information content (AvgIpc) is 3.02. The van der Waals surface area contributed by atoms with Crippen LogP contribution in [-0.2, 0) is 9.53 Å². The van der Waals surface area contributed by atoms with Gasteiger partial charge < -0.3 is 9.84 Å². The van der Waals surface area contributed by atoms with Gasteiger partial charge in [-0.05, 0) is 92.3 Å². The van der Waals surface area contributed by atoms with E-state index in [0.717, 1.165) is 58.5 Å². The Morgan fingerprint density at radius 2 is 1.97 bits per heavy atom. The quantitative estimate of drug-likeness (QED) is 0.491. The Labute approximate surface area is 173 Å². The van der Waals surface area contributed by atoms with Crippen LogP contribution >= 0.6 is 0 Å². The highest BCUT2D eigenvalue weighted by Crippen LogP contribution is 2.66. The zero-order valence-electron chi connectivity index (χ0n) is 18.1. The summed E-state index contributed by atoms with van der Waals surface area (Å²) in [5.41, 5.74) is 1.77. The van der Waals surface area contributed by atoms with Crippen molar-refractivity contribution in [1.82, 2.24) is 0 Å². The molecule has 4 aliphatic rings. The zero-order chi connectivity index (χ0) is 21.0. The fraction of sp³-hybridized carbons (Fsp3) is 0.875. The second-order valence-electron chi connectivity index (χ2n) is 10.7. The maximum Gasteiger partial charge on any atom is 0.376 e. The zero-order valence-corrected chi connectivity index (χ0v) is 18.1. The van der Waals surface area contributed by atoms with Crippen LogP contribution in [0.3, 0.4) is 0 Å². The van der Waals surface area contributed by atoms with E-state index in [4.69, 9.17) is 0 Å². The van der Waals surface area contributed by atoms with Gasteiger partial charge in [0.2, 0.25) is 0 Å². The number of aliphatic hydroxyl groups excluding tert-OH is 1. The van der Waals surface area contributed by atoms with Gasteiger partial charge in [-0.1, -0.05) is 25.5 Å². The van der Waals surface area contributed by atoms with Gasteiger partial charge >= 0.3 is 11.9 Å². The van der Waals surface area contributed by atoms with Crippen LogP contribution in [-0.4, -0.2) is 30.2 Å². The van der Waals surface area contributed by atoms with Crippen molar-refractivity contribution in [1.29, 1.82) is 0 Å². The minimum absolute atomic E-state index is 0.100. The van der Waals surface area contributed by atoms with Crippen molar-refractivity contribution in [3.63, 3.8) is 0 Å². The summed E-state index contributed by atoms with van der Waals surface area (Å²) in [6, 6.07) is 0. The number of hydrogen-bond donors (Lipinski definition) is 1. The van der Waals surface area contributed by atoms with Crippen LogP contribution in [0.4, 0.5) is 8.78 Å². The lowest BCUT2D eigenvalue weighted by Gasteiger charge is -2.58. The van der Waals surface area contributed by atoms with E-state index in [1.807, 2.05) is 0 Å². The lowest BCUT2D eigenvalue weighted by Crippen LogP contribution is -2.50. The lowest BCUT2D eigenvalue weighted by atomic mass is 9.47. The number of ether oxygens (including phenoxy) is 1. The summed E-state index contributed by atoms with van der Waals surface area (Å²) in [7, 11) is 1.03. The Hall–Kier alpha value is -0.970. The molecule has 1 N–H and O–H groups in total. The fourth-order valence-corrected chi connectivity index (χ4v) is 7.83. The van der Waals surface area contributed by atoms with E-state index in [-0.39, 0.29) is 22.9 Å². The van der Waals surface area contributed by atoms with Gasteiger partial charge in [-0.25, -0.2) is 4.79 Å². The molecule has 0 spiro atoms. The van der Waals surface area contributed by atoms with Crippen molar-refractivity contribution in [3.8, 4) is 0 Å². The van der Waals surface area contributed by atoms with Crippen LogP contribution in [0.25, 0.3) is 0 Å². The molecule has 0 aliphatic heterocycles. The van der Waals surface area contributed by atoms with Gasteiger partial charge in [-0.15, -0.1) is 0 Å². The number of aliphatic hydroxyl groups is 1. The molecule has 0 aromatic rings. The highest BCUT2D eigenvalue weighted by atomic mass is 19.3. The molecule has 164 valence electrons. The average molecular weight is 411 g/mol. The van der Waals surface area contributed by atoms with Crippen molar-refractivity contribution in [2.45, 2.75) is 90.1 Å². The number of alkyl halides is 2. The summed E-state index contributed by atoms with van der Waals surface area (Å²) < 4.78 is 32.4. The van der Waals surface area contributed by atoms with Gasteiger partial charge in [0.15, 0.2) is 0 Å². The number of halogens is 2. The van der Waals surface area contributed by atoms with Gasteiger partial charge in [-0.2, -0.15) is 8.78 Å². The molecule has 0 aromatic carbocycles. The first-order chi connectivity index (χ1) is 13.6. The number of methoxy groups -OCH3 is 1. The molecular formula is C24H36F2O3. The molecule has 7 atom stereocenters. The molecule has 4 aliphatic carbocycles. The fourth-order valence-electron chi connectivity index (χ4n) is 7.83. The van der Waals surface area contributed by atoms with E-state index in [1.54, 1.807) is 0 Å². The molecule has 3 fully saturated rings. The third kappa shape index (κ3) is 3.36. The summed E-state index contributed by atoms with van der Waals surface area (Å²) >= 11 is 0. The van der Waals surface area contributed by atoms with Gasteiger partial charge in [0, 0.05) is 6.42 Å². The van der Waals surface area contributed by atoms with Crippen molar-refractivity contribution in [3.05, 3.63) is 11.6 Å². The standard InChI is InChI=1S/C24H36F2O3/c1-22-12-10-20-18(6-4-16-14-17(27)9-11-23(16,20)2)19(22)7-5-15(22)8-13-24(25,26)21(28)29-3/h4,15,17-20,27H,5-14H2,1-3H3/t15?,17?,18?,19-,20?,22?,23?/m0/s1. The summed E-state index contributed by atoms with van der Waals surface area (Å²) in [6.07, 6.45) is 10.5. The summed E-state index contributed by atoms with van der Waals surface area (Å²) in [5, 5.41) is 10.1. The molecule has 0 amide bonds. The first-order valence-corrected chi connectivity index (χ1v) is 11.5. The second kappa shape index (κ2) is 7.32. The van der Waals surface area contributed by atoms with E-state index >= 15 is 0 Å². The Bertz CT molecular complexity index is 690. The monoisotopic (exact) mass is 410 g/mol. The summed E-state index contributed by atoms with van der Waals surface area (Å²) in [4.78, 5) is 11.4. The predicted octanol–water partition coefficient (Wildman–Crippen LogP) is 5.51. The topological polar surface area (TPSA) is 46.5 Å². The molecule has 4 rings (SSSR count). The lowest BCUT2D eigenvalue weighted by molar-refractivity contribution is -0.170. The van der Waals surface area contributed by atoms with Crippen molar-refractivity contribution in [2.75, 3.05) is 7.11 Å². The first-order valence-electron chi connectivity index (χ1n) is 11.5. The molecule has 5 heteroatoms. The summed E-state index contributed by atoms with van der Waals surface area (Å²) in [5.74, 6) is -2.65. The molecular weight excluding hydrogens is 374 g/mol. The van der Waals surface area contributed by atoms with Gasteiger partial charge in [-0.3, -0.25) is 0 Å². The second-order valence-corrected chi connectivity index (χ2v) is 10.7. The third-order valence-corrected chi connectivity index (χ3v) is 9.57. The SMILES string of the molecule is COC(=O)C(F)(F)CCC1CC[C@H]2C3CC=C4CC(O)CCC4(C)C3CCC12C. The van der Waals surface area contributed by atoms with Crippen LogP contribution in [0.1, 0.15) is 78.1 Å². The number of carbonyl (C=O) groups is 1. The van der Waals surface area contributed by atoms with Crippen molar-refractivity contribution < 1.29 is 23.4 Å². The molecule has 29 heavy (non-hydrogen) atoms. The molecule has 0 saturated heterocycles. The molecule has 3 saturated carbocycles. The molecule has 6 unspecified atom stereocenters. The van der Waals surface area contributed by atoms with Gasteiger partial charge in [0.1, 0.15) is 0 Å². The Morgan fingerprint density at radius 1 is 1.21 bits per heavy atom. The largest absolute Gasteiger partial charge is 0.465 e. The molecule has 0 aromatic heterocycles. The highest BCUT2D eigenvalue weighted by molar-refractivity contribution is 5.77. The maximum atomic E-state index is 14.1. The minimum Gasteiger partial charge on any atom is -0.465 e.